The molecule has 0 atom stereocenters. The quantitative estimate of drug-likeness (QED) is 0.785. The molecule has 0 radical (unpaired) electrons. The summed E-state index contributed by atoms with van der Waals surface area (Å²) in [6.45, 7) is 7.48. The number of rotatable bonds is 5. The van der Waals surface area contributed by atoms with Crippen LogP contribution >= 0.6 is 0 Å². The molecule has 0 spiro atoms. The molecular formula is C16H18N2O2. The van der Waals surface area contributed by atoms with Gasteiger partial charge in [0.25, 0.3) is 5.91 Å². The van der Waals surface area contributed by atoms with Gasteiger partial charge in [0.05, 0.1) is 5.69 Å². The van der Waals surface area contributed by atoms with E-state index in [4.69, 9.17) is 4.74 Å². The standard InChI is InChI=1S/C16H18N2O2/c1-4-8-15-12(2)17-18(13(15)3)16(19)11-20-14-9-6-5-7-10-14/h4-7,9-10H,1,8,11H2,2-3H3. The van der Waals surface area contributed by atoms with E-state index in [1.54, 1.807) is 0 Å². The summed E-state index contributed by atoms with van der Waals surface area (Å²) in [5.74, 6) is 0.499. The molecule has 2 rings (SSSR count). The van der Waals surface area contributed by atoms with E-state index in [0.29, 0.717) is 12.2 Å². The van der Waals surface area contributed by atoms with Crippen LogP contribution in [0.25, 0.3) is 0 Å². The topological polar surface area (TPSA) is 44.1 Å². The fourth-order valence-corrected chi connectivity index (χ4v) is 2.08. The van der Waals surface area contributed by atoms with Crippen molar-refractivity contribution in [3.8, 4) is 5.75 Å². The molecule has 0 saturated carbocycles. The minimum absolute atomic E-state index is 0.0283. The highest BCUT2D eigenvalue weighted by Crippen LogP contribution is 2.14. The molecule has 4 nitrogen and oxygen atoms in total. The van der Waals surface area contributed by atoms with Gasteiger partial charge in [0.15, 0.2) is 6.61 Å². The molecule has 20 heavy (non-hydrogen) atoms. The van der Waals surface area contributed by atoms with Crippen LogP contribution in [-0.4, -0.2) is 22.3 Å². The van der Waals surface area contributed by atoms with Crippen LogP contribution in [0.5, 0.6) is 5.75 Å². The first kappa shape index (κ1) is 14.1. The number of allylic oxidation sites excluding steroid dienone is 1. The van der Waals surface area contributed by atoms with E-state index in [-0.39, 0.29) is 12.5 Å². The SMILES string of the molecule is C=CCc1c(C)nn(C(=O)COc2ccccc2)c1C. The summed E-state index contributed by atoms with van der Waals surface area (Å²) in [6, 6.07) is 9.27. The van der Waals surface area contributed by atoms with Gasteiger partial charge in [-0.3, -0.25) is 4.79 Å². The maximum atomic E-state index is 12.2. The number of aryl methyl sites for hydroxylation is 1. The van der Waals surface area contributed by atoms with Crippen LogP contribution in [0.4, 0.5) is 0 Å². The van der Waals surface area contributed by atoms with E-state index >= 15 is 0 Å². The Balaban J connectivity index is 2.10. The van der Waals surface area contributed by atoms with Gasteiger partial charge in [0.1, 0.15) is 5.75 Å². The zero-order chi connectivity index (χ0) is 14.5. The lowest BCUT2D eigenvalue weighted by Crippen LogP contribution is -2.21. The van der Waals surface area contributed by atoms with E-state index in [1.807, 2.05) is 50.3 Å². The van der Waals surface area contributed by atoms with E-state index in [2.05, 4.69) is 11.7 Å². The molecule has 104 valence electrons. The molecule has 0 aliphatic rings. The van der Waals surface area contributed by atoms with Crippen molar-refractivity contribution >= 4 is 5.91 Å². The van der Waals surface area contributed by atoms with Gasteiger partial charge in [-0.25, -0.2) is 4.68 Å². The molecule has 0 aliphatic carbocycles. The summed E-state index contributed by atoms with van der Waals surface area (Å²) < 4.78 is 6.87. The molecule has 0 N–H and O–H groups in total. The highest BCUT2D eigenvalue weighted by molar-refractivity contribution is 5.80. The predicted octanol–water partition coefficient (Wildman–Crippen LogP) is 2.95. The molecule has 1 heterocycles. The number of carbonyl (C=O) groups excluding carboxylic acids is 1. The molecule has 1 aromatic carbocycles. The van der Waals surface area contributed by atoms with Gasteiger partial charge in [0, 0.05) is 11.3 Å². The maximum absolute atomic E-state index is 12.2. The third-order valence-electron chi connectivity index (χ3n) is 3.13. The molecule has 4 heteroatoms. The Morgan fingerprint density at radius 2 is 2.05 bits per heavy atom. The van der Waals surface area contributed by atoms with Gasteiger partial charge in [0.2, 0.25) is 0 Å². The molecule has 0 amide bonds. The number of nitrogens with zero attached hydrogens (tertiary/aromatic N) is 2. The third kappa shape index (κ3) is 2.96. The Morgan fingerprint density at radius 1 is 1.35 bits per heavy atom. The normalized spacial score (nSPS) is 10.3. The first-order chi connectivity index (χ1) is 9.63. The summed E-state index contributed by atoms with van der Waals surface area (Å²) in [7, 11) is 0. The van der Waals surface area contributed by atoms with Crippen molar-refractivity contribution in [2.24, 2.45) is 0 Å². The predicted molar refractivity (Wildman–Crippen MR) is 78.2 cm³/mol. The van der Waals surface area contributed by atoms with E-state index in [1.165, 1.54) is 4.68 Å². The van der Waals surface area contributed by atoms with Gasteiger partial charge >= 0.3 is 0 Å². The van der Waals surface area contributed by atoms with Crippen molar-refractivity contribution in [2.75, 3.05) is 6.61 Å². The van der Waals surface area contributed by atoms with Crippen LogP contribution in [0.2, 0.25) is 0 Å². The lowest BCUT2D eigenvalue weighted by molar-refractivity contribution is 0.0818. The lowest BCUT2D eigenvalue weighted by Gasteiger charge is -2.06. The van der Waals surface area contributed by atoms with Gasteiger partial charge in [-0.15, -0.1) is 6.58 Å². The number of hydrogen-bond donors (Lipinski definition) is 0. The number of aromatic nitrogens is 2. The van der Waals surface area contributed by atoms with Crippen molar-refractivity contribution in [3.63, 3.8) is 0 Å². The molecule has 0 saturated heterocycles. The molecule has 1 aromatic heterocycles. The second kappa shape index (κ2) is 6.19. The summed E-state index contributed by atoms with van der Waals surface area (Å²) in [4.78, 5) is 12.2. The van der Waals surface area contributed by atoms with E-state index in [9.17, 15) is 4.79 Å². The van der Waals surface area contributed by atoms with Crippen LogP contribution in [0.1, 0.15) is 21.7 Å². The smallest absolute Gasteiger partial charge is 0.284 e. The first-order valence-corrected chi connectivity index (χ1v) is 6.50. The highest BCUT2D eigenvalue weighted by atomic mass is 16.5. The summed E-state index contributed by atoms with van der Waals surface area (Å²) in [6.07, 6.45) is 2.52. The Bertz CT molecular complexity index is 615. The number of ether oxygens (including phenoxy) is 1. The van der Waals surface area contributed by atoms with Crippen LogP contribution in [0, 0.1) is 13.8 Å². The monoisotopic (exact) mass is 270 g/mol. The molecule has 2 aromatic rings. The second-order valence-corrected chi connectivity index (χ2v) is 4.55. The third-order valence-corrected chi connectivity index (χ3v) is 3.13. The van der Waals surface area contributed by atoms with Gasteiger partial charge in [-0.05, 0) is 32.4 Å². The number of carbonyl (C=O) groups is 1. The molecule has 0 fully saturated rings. The summed E-state index contributed by atoms with van der Waals surface area (Å²) >= 11 is 0. The van der Waals surface area contributed by atoms with Gasteiger partial charge in [-0.2, -0.15) is 5.10 Å². The zero-order valence-corrected chi connectivity index (χ0v) is 11.8. The second-order valence-electron chi connectivity index (χ2n) is 4.55. The van der Waals surface area contributed by atoms with Crippen LogP contribution in [0.15, 0.2) is 43.0 Å². The van der Waals surface area contributed by atoms with Crippen molar-refractivity contribution < 1.29 is 9.53 Å². The number of para-hydroxylation sites is 1. The fraction of sp³-hybridized carbons (Fsp3) is 0.250. The Labute approximate surface area is 118 Å². The van der Waals surface area contributed by atoms with E-state index in [0.717, 1.165) is 17.0 Å². The van der Waals surface area contributed by atoms with Crippen LogP contribution in [-0.2, 0) is 6.42 Å². The minimum Gasteiger partial charge on any atom is -0.484 e. The van der Waals surface area contributed by atoms with Crippen molar-refractivity contribution in [2.45, 2.75) is 20.3 Å². The lowest BCUT2D eigenvalue weighted by atomic mass is 10.1. The fourth-order valence-electron chi connectivity index (χ4n) is 2.08. The van der Waals surface area contributed by atoms with Crippen LogP contribution in [0.3, 0.4) is 0 Å². The molecule has 0 unspecified atom stereocenters. The van der Waals surface area contributed by atoms with E-state index < -0.39 is 0 Å². The molecular weight excluding hydrogens is 252 g/mol. The minimum atomic E-state index is -0.176. The van der Waals surface area contributed by atoms with Crippen molar-refractivity contribution in [1.82, 2.24) is 9.78 Å². The largest absolute Gasteiger partial charge is 0.484 e. The molecule has 0 bridgehead atoms. The van der Waals surface area contributed by atoms with Crippen molar-refractivity contribution in [1.29, 1.82) is 0 Å². The average Bonchev–Trinajstić information content (AvgIpc) is 2.74. The number of hydrogen-bond acceptors (Lipinski definition) is 3. The molecule has 0 aliphatic heterocycles. The Morgan fingerprint density at radius 3 is 2.70 bits per heavy atom. The maximum Gasteiger partial charge on any atom is 0.284 e. The average molecular weight is 270 g/mol. The Hall–Kier alpha value is -2.36. The first-order valence-electron chi connectivity index (χ1n) is 6.50. The summed E-state index contributed by atoms with van der Waals surface area (Å²) in [5.41, 5.74) is 2.76. The Kier molecular flexibility index (Phi) is 4.35. The van der Waals surface area contributed by atoms with Crippen molar-refractivity contribution in [3.05, 3.63) is 59.9 Å². The number of benzene rings is 1. The zero-order valence-electron chi connectivity index (χ0n) is 11.8. The van der Waals surface area contributed by atoms with Gasteiger partial charge in [-0.1, -0.05) is 24.3 Å². The highest BCUT2D eigenvalue weighted by Gasteiger charge is 2.15. The van der Waals surface area contributed by atoms with Crippen LogP contribution < -0.4 is 4.74 Å². The van der Waals surface area contributed by atoms with Gasteiger partial charge < -0.3 is 4.74 Å². The summed E-state index contributed by atoms with van der Waals surface area (Å²) in [5, 5.41) is 4.28.